The molecule has 1 saturated heterocycles. The molecule has 5 rings (SSSR count). The number of nitrogens with one attached hydrogen (secondary N) is 1. The van der Waals surface area contributed by atoms with E-state index in [1.807, 2.05) is 55.1 Å². The van der Waals surface area contributed by atoms with Crippen molar-refractivity contribution in [2.75, 3.05) is 22.5 Å². The number of fused-ring (bicyclic) bond motifs is 2. The molecule has 2 aliphatic heterocycles. The van der Waals surface area contributed by atoms with Crippen LogP contribution in [-0.4, -0.2) is 29.1 Å². The predicted octanol–water partition coefficient (Wildman–Crippen LogP) is 5.59. The minimum atomic E-state index is -1.04. The molecule has 2 heterocycles. The first-order valence-electron chi connectivity index (χ1n) is 11.2. The Morgan fingerprint density at radius 1 is 0.970 bits per heavy atom. The fraction of sp³-hybridized carbons (Fsp3) is 0.259. The summed E-state index contributed by atoms with van der Waals surface area (Å²) in [7, 11) is 0. The Balaban J connectivity index is 1.53. The molecule has 5 nitrogen and oxygen atoms in total. The second-order valence-electron chi connectivity index (χ2n) is 8.84. The second-order valence-corrected chi connectivity index (χ2v) is 10.1. The third kappa shape index (κ3) is 3.68. The molecule has 3 aromatic rings. The first-order chi connectivity index (χ1) is 15.9. The molecule has 0 bridgehead atoms. The van der Waals surface area contributed by atoms with Crippen LogP contribution in [0.25, 0.3) is 0 Å². The monoisotopic (exact) mass is 457 g/mol. The fourth-order valence-corrected chi connectivity index (χ4v) is 6.13. The third-order valence-corrected chi connectivity index (χ3v) is 7.74. The molecule has 33 heavy (non-hydrogen) atoms. The number of thioether (sulfide) groups is 1. The third-order valence-electron chi connectivity index (χ3n) is 6.32. The van der Waals surface area contributed by atoms with Gasteiger partial charge in [-0.2, -0.15) is 0 Å². The van der Waals surface area contributed by atoms with Crippen LogP contribution in [0.3, 0.4) is 0 Å². The van der Waals surface area contributed by atoms with Gasteiger partial charge in [-0.3, -0.25) is 9.69 Å². The summed E-state index contributed by atoms with van der Waals surface area (Å²) in [5, 5.41) is 3.02. The van der Waals surface area contributed by atoms with Gasteiger partial charge in [0.2, 0.25) is 0 Å². The van der Waals surface area contributed by atoms with Crippen molar-refractivity contribution in [2.45, 2.75) is 32.2 Å². The number of hydrogen-bond donors (Lipinski definition) is 1. The van der Waals surface area contributed by atoms with Crippen molar-refractivity contribution in [1.82, 2.24) is 4.90 Å². The number of aryl methyl sites for hydroxylation is 3. The molecular formula is C27H27N3O2S. The lowest BCUT2D eigenvalue weighted by Gasteiger charge is -2.33. The predicted molar refractivity (Wildman–Crippen MR) is 135 cm³/mol. The Labute approximate surface area is 198 Å². The van der Waals surface area contributed by atoms with Crippen molar-refractivity contribution in [3.63, 3.8) is 0 Å². The molecule has 168 valence electrons. The van der Waals surface area contributed by atoms with Crippen LogP contribution in [0.15, 0.2) is 66.7 Å². The zero-order valence-electron chi connectivity index (χ0n) is 19.1. The normalized spacial score (nSPS) is 19.3. The zero-order valence-corrected chi connectivity index (χ0v) is 19.9. The van der Waals surface area contributed by atoms with E-state index in [0.717, 1.165) is 33.6 Å². The summed E-state index contributed by atoms with van der Waals surface area (Å²) in [5.41, 5.74) is 6.92. The van der Waals surface area contributed by atoms with Crippen LogP contribution in [0.2, 0.25) is 0 Å². The van der Waals surface area contributed by atoms with Crippen molar-refractivity contribution in [3.8, 4) is 0 Å². The largest absolute Gasteiger partial charge is 0.323 e. The number of carbonyl (C=O) groups is 2. The average molecular weight is 458 g/mol. The van der Waals surface area contributed by atoms with E-state index >= 15 is 0 Å². The highest BCUT2D eigenvalue weighted by Crippen LogP contribution is 2.54. The van der Waals surface area contributed by atoms with Crippen LogP contribution in [-0.2, 0) is 16.2 Å². The van der Waals surface area contributed by atoms with Crippen molar-refractivity contribution in [2.24, 2.45) is 0 Å². The first-order valence-corrected chi connectivity index (χ1v) is 12.1. The Bertz CT molecular complexity index is 1240. The van der Waals surface area contributed by atoms with Crippen LogP contribution in [0, 0.1) is 20.8 Å². The van der Waals surface area contributed by atoms with Crippen molar-refractivity contribution in [3.05, 3.63) is 94.5 Å². The Kier molecular flexibility index (Phi) is 5.41. The van der Waals surface area contributed by atoms with Crippen LogP contribution in [0.4, 0.5) is 16.2 Å². The molecule has 2 aliphatic rings. The maximum absolute atomic E-state index is 14.1. The lowest BCUT2D eigenvalue weighted by molar-refractivity contribution is -0.123. The standard InChI is InChI=1S/C27H27N3O2S/c1-18-7-10-21(11-8-18)17-29-24-12-9-20(3)16-23(24)27(25(29)31)30(13-14-33-27)26(32)28-22-6-4-5-19(2)15-22/h4-12,15-16H,13-14,17H2,1-3H3,(H,28,32)/t27-/m1/s1. The number of carbonyl (C=O) groups excluding carboxylic acids is 2. The van der Waals surface area contributed by atoms with E-state index in [2.05, 4.69) is 42.6 Å². The van der Waals surface area contributed by atoms with Gasteiger partial charge in [0.1, 0.15) is 0 Å². The number of benzene rings is 3. The maximum Gasteiger partial charge on any atom is 0.323 e. The molecular weight excluding hydrogens is 430 g/mol. The lowest BCUT2D eigenvalue weighted by Crippen LogP contribution is -2.51. The summed E-state index contributed by atoms with van der Waals surface area (Å²) in [6, 6.07) is 21.8. The molecule has 3 amide bonds. The Morgan fingerprint density at radius 2 is 1.70 bits per heavy atom. The maximum atomic E-state index is 14.1. The van der Waals surface area contributed by atoms with Gasteiger partial charge < -0.3 is 10.2 Å². The van der Waals surface area contributed by atoms with Gasteiger partial charge in [0, 0.05) is 23.5 Å². The van der Waals surface area contributed by atoms with Gasteiger partial charge in [-0.25, -0.2) is 4.79 Å². The van der Waals surface area contributed by atoms with Crippen LogP contribution < -0.4 is 10.2 Å². The van der Waals surface area contributed by atoms with Crippen LogP contribution in [0.5, 0.6) is 0 Å². The summed E-state index contributed by atoms with van der Waals surface area (Å²) in [6.45, 7) is 7.06. The van der Waals surface area contributed by atoms with Gasteiger partial charge in [0.25, 0.3) is 5.91 Å². The van der Waals surface area contributed by atoms with E-state index in [9.17, 15) is 9.59 Å². The van der Waals surface area contributed by atoms with Crippen molar-refractivity contribution >= 4 is 35.1 Å². The summed E-state index contributed by atoms with van der Waals surface area (Å²) >= 11 is 1.55. The van der Waals surface area contributed by atoms with Gasteiger partial charge >= 0.3 is 6.03 Å². The number of urea groups is 1. The van der Waals surface area contributed by atoms with E-state index in [-0.39, 0.29) is 11.9 Å². The van der Waals surface area contributed by atoms with Crippen LogP contribution in [0.1, 0.15) is 27.8 Å². The molecule has 0 aliphatic carbocycles. The lowest BCUT2D eigenvalue weighted by atomic mass is 10.0. The minimum Gasteiger partial charge on any atom is -0.308 e. The van der Waals surface area contributed by atoms with Gasteiger partial charge in [-0.15, -0.1) is 11.8 Å². The van der Waals surface area contributed by atoms with Crippen molar-refractivity contribution in [1.29, 1.82) is 0 Å². The number of rotatable bonds is 3. The Morgan fingerprint density at radius 3 is 2.45 bits per heavy atom. The molecule has 0 radical (unpaired) electrons. The smallest absolute Gasteiger partial charge is 0.308 e. The van der Waals surface area contributed by atoms with Gasteiger partial charge in [0.15, 0.2) is 4.87 Å². The average Bonchev–Trinajstić information content (AvgIpc) is 3.32. The van der Waals surface area contributed by atoms with Gasteiger partial charge in [-0.1, -0.05) is 59.7 Å². The summed E-state index contributed by atoms with van der Waals surface area (Å²) in [6.07, 6.45) is 0. The first kappa shape index (κ1) is 21.6. The number of nitrogens with zero attached hydrogens (tertiary/aromatic N) is 2. The van der Waals surface area contributed by atoms with Crippen molar-refractivity contribution < 1.29 is 9.59 Å². The molecule has 0 aromatic heterocycles. The topological polar surface area (TPSA) is 52.7 Å². The fourth-order valence-electron chi connectivity index (χ4n) is 4.68. The highest BCUT2D eigenvalue weighted by Gasteiger charge is 2.59. The van der Waals surface area contributed by atoms with E-state index in [1.165, 1.54) is 5.56 Å². The highest BCUT2D eigenvalue weighted by atomic mass is 32.2. The number of amides is 3. The van der Waals surface area contributed by atoms with E-state index in [0.29, 0.717) is 18.8 Å². The zero-order chi connectivity index (χ0) is 23.2. The van der Waals surface area contributed by atoms with E-state index in [4.69, 9.17) is 0 Å². The second kappa shape index (κ2) is 8.27. The molecule has 6 heteroatoms. The van der Waals surface area contributed by atoms with E-state index in [1.54, 1.807) is 16.7 Å². The van der Waals surface area contributed by atoms with Gasteiger partial charge in [-0.05, 0) is 50.1 Å². The Hall–Kier alpha value is -3.25. The highest BCUT2D eigenvalue weighted by molar-refractivity contribution is 8.01. The van der Waals surface area contributed by atoms with E-state index < -0.39 is 4.87 Å². The molecule has 1 atom stereocenters. The number of hydrogen-bond acceptors (Lipinski definition) is 3. The molecule has 1 N–H and O–H groups in total. The van der Waals surface area contributed by atoms with Crippen LogP contribution >= 0.6 is 11.8 Å². The molecule has 1 fully saturated rings. The summed E-state index contributed by atoms with van der Waals surface area (Å²) < 4.78 is 0. The summed E-state index contributed by atoms with van der Waals surface area (Å²) in [5.74, 6) is 0.657. The quantitative estimate of drug-likeness (QED) is 0.558. The molecule has 0 unspecified atom stereocenters. The molecule has 3 aromatic carbocycles. The summed E-state index contributed by atoms with van der Waals surface area (Å²) in [4.78, 5) is 30.0. The number of anilines is 2. The molecule has 1 spiro atoms. The SMILES string of the molecule is Cc1ccc(CN2C(=O)[C@]3(SCCN3C(=O)Nc3cccc(C)c3)c3cc(C)ccc32)cc1. The molecule has 0 saturated carbocycles. The minimum absolute atomic E-state index is 0.0504. The van der Waals surface area contributed by atoms with Gasteiger partial charge in [0.05, 0.1) is 12.2 Å².